The van der Waals surface area contributed by atoms with E-state index in [2.05, 4.69) is 14.6 Å². The van der Waals surface area contributed by atoms with Gasteiger partial charge in [0.25, 0.3) is 5.69 Å². The van der Waals surface area contributed by atoms with Gasteiger partial charge in [-0.15, -0.1) is 11.3 Å². The highest BCUT2D eigenvalue weighted by molar-refractivity contribution is 7.97. The molecule has 0 spiro atoms. The Balaban J connectivity index is 0.00000185. The fourth-order valence-electron chi connectivity index (χ4n) is 4.53. The Bertz CT molecular complexity index is 1610. The fourth-order valence-corrected chi connectivity index (χ4v) is 6.40. The van der Waals surface area contributed by atoms with Crippen LogP contribution in [-0.4, -0.2) is 58.7 Å². The summed E-state index contributed by atoms with van der Waals surface area (Å²) < 4.78 is 4.32. The molecule has 6 rings (SSSR count). The maximum Gasteiger partial charge on any atom is 0.270 e. The second-order valence-electron chi connectivity index (χ2n) is 8.85. The number of hydrogen-bond acceptors (Lipinski definition) is 9. The van der Waals surface area contributed by atoms with Gasteiger partial charge >= 0.3 is 0 Å². The number of piperidine rings is 1. The van der Waals surface area contributed by atoms with Crippen LogP contribution in [0.3, 0.4) is 0 Å². The van der Waals surface area contributed by atoms with Crippen LogP contribution in [0, 0.1) is 10.1 Å². The van der Waals surface area contributed by atoms with Gasteiger partial charge in [-0.1, -0.05) is 23.7 Å². The first-order valence-corrected chi connectivity index (χ1v) is 14.1. The molecule has 5 N–H and O–H groups in total. The van der Waals surface area contributed by atoms with E-state index >= 15 is 0 Å². The third kappa shape index (κ3) is 6.25. The molecule has 0 amide bonds. The van der Waals surface area contributed by atoms with E-state index in [1.54, 1.807) is 30.3 Å². The van der Waals surface area contributed by atoms with Crippen LogP contribution >= 0.6 is 34.9 Å². The van der Waals surface area contributed by atoms with Crippen molar-refractivity contribution in [3.05, 3.63) is 87.5 Å². The number of fused-ring (bicyclic) bond motifs is 1. The Labute approximate surface area is 242 Å². The van der Waals surface area contributed by atoms with Gasteiger partial charge in [0.05, 0.1) is 10.6 Å². The fraction of sp³-hybridized carbons (Fsp3) is 0.192. The predicted octanol–water partition coefficient (Wildman–Crippen LogP) is 5.02. The first-order chi connectivity index (χ1) is 18.5. The van der Waals surface area contributed by atoms with E-state index in [-0.39, 0.29) is 22.7 Å². The number of nitrogens with one attached hydrogen (secondary N) is 1. The zero-order valence-corrected chi connectivity index (χ0v) is 23.4. The minimum absolute atomic E-state index is 0. The number of benzene rings is 2. The summed E-state index contributed by atoms with van der Waals surface area (Å²) in [6.07, 6.45) is 5.75. The summed E-state index contributed by atoms with van der Waals surface area (Å²) >= 11 is 9.26. The number of thiazole rings is 1. The van der Waals surface area contributed by atoms with E-state index in [9.17, 15) is 10.1 Å². The Kier molecular flexibility index (Phi) is 9.35. The first kappa shape index (κ1) is 29.4. The van der Waals surface area contributed by atoms with E-state index in [1.807, 2.05) is 52.4 Å². The molecule has 208 valence electrons. The second-order valence-corrected chi connectivity index (χ2v) is 11.3. The van der Waals surface area contributed by atoms with Crippen molar-refractivity contribution in [2.75, 3.05) is 18.4 Å². The Morgan fingerprint density at radius 1 is 1.12 bits per heavy atom. The molecule has 3 aromatic heterocycles. The lowest BCUT2D eigenvalue weighted by Crippen LogP contribution is -2.38. The predicted molar refractivity (Wildman–Crippen MR) is 159 cm³/mol. The Hall–Kier alpha value is -3.59. The molecule has 0 aliphatic carbocycles. The van der Waals surface area contributed by atoms with Gasteiger partial charge in [0, 0.05) is 64.5 Å². The molecule has 0 saturated carbocycles. The van der Waals surface area contributed by atoms with Crippen LogP contribution < -0.4 is 5.32 Å². The van der Waals surface area contributed by atoms with Crippen molar-refractivity contribution in [2.24, 2.45) is 0 Å². The van der Waals surface area contributed by atoms with Gasteiger partial charge in [-0.05, 0) is 55.1 Å². The lowest BCUT2D eigenvalue weighted by Gasteiger charge is -2.32. The largest absolute Gasteiger partial charge is 0.412 e. The lowest BCUT2D eigenvalue weighted by molar-refractivity contribution is -0.384. The van der Waals surface area contributed by atoms with Crippen LogP contribution in [0.4, 0.5) is 11.6 Å². The molecule has 5 aromatic rings. The number of imidazole rings is 1. The van der Waals surface area contributed by atoms with Crippen molar-refractivity contribution >= 4 is 51.5 Å². The summed E-state index contributed by atoms with van der Waals surface area (Å²) in [5, 5.41) is 17.6. The highest BCUT2D eigenvalue weighted by Gasteiger charge is 2.23. The summed E-state index contributed by atoms with van der Waals surface area (Å²) in [5.74, 6) is 0.543. The van der Waals surface area contributed by atoms with Crippen molar-refractivity contribution in [3.63, 3.8) is 0 Å². The molecular formula is C26H26ClN7O4S2. The van der Waals surface area contributed by atoms with Gasteiger partial charge in [-0.3, -0.25) is 14.5 Å². The van der Waals surface area contributed by atoms with Crippen molar-refractivity contribution in [1.29, 1.82) is 0 Å². The van der Waals surface area contributed by atoms with E-state index in [0.29, 0.717) is 22.9 Å². The minimum Gasteiger partial charge on any atom is -0.412 e. The smallest absolute Gasteiger partial charge is 0.270 e. The number of nitrogens with zero attached hydrogens (tertiary/aromatic N) is 6. The maximum atomic E-state index is 11.4. The van der Waals surface area contributed by atoms with E-state index in [1.165, 1.54) is 17.4 Å². The molecule has 0 unspecified atom stereocenters. The maximum absolute atomic E-state index is 11.4. The molecular weight excluding hydrogens is 574 g/mol. The van der Waals surface area contributed by atoms with E-state index < -0.39 is 4.92 Å². The molecule has 1 aliphatic rings. The van der Waals surface area contributed by atoms with Gasteiger partial charge in [0.1, 0.15) is 11.4 Å². The number of rotatable bonds is 7. The van der Waals surface area contributed by atoms with Crippen molar-refractivity contribution < 1.29 is 15.9 Å². The molecule has 0 bridgehead atoms. The molecule has 1 saturated heterocycles. The van der Waals surface area contributed by atoms with Crippen LogP contribution in [0.25, 0.3) is 27.6 Å². The number of nitro benzene ring substituents is 1. The summed E-state index contributed by atoms with van der Waals surface area (Å²) in [7, 11) is 0. The second kappa shape index (κ2) is 12.7. The molecule has 4 heterocycles. The highest BCUT2D eigenvalue weighted by Crippen LogP contribution is 2.35. The van der Waals surface area contributed by atoms with Crippen molar-refractivity contribution in [2.45, 2.75) is 23.8 Å². The first-order valence-electron chi connectivity index (χ1n) is 12.0. The summed E-state index contributed by atoms with van der Waals surface area (Å²) in [6, 6.07) is 16.5. The average molecular weight is 600 g/mol. The van der Waals surface area contributed by atoms with Crippen LogP contribution in [0.15, 0.2) is 77.3 Å². The molecule has 40 heavy (non-hydrogen) atoms. The van der Waals surface area contributed by atoms with Gasteiger partial charge in [-0.25, -0.2) is 19.3 Å². The van der Waals surface area contributed by atoms with E-state index in [0.717, 1.165) is 46.5 Å². The zero-order chi connectivity index (χ0) is 26.1. The van der Waals surface area contributed by atoms with Crippen LogP contribution in [-0.2, 0) is 0 Å². The highest BCUT2D eigenvalue weighted by atomic mass is 35.5. The number of nitro groups is 1. The van der Waals surface area contributed by atoms with Crippen molar-refractivity contribution in [3.8, 4) is 22.6 Å². The average Bonchev–Trinajstić information content (AvgIpc) is 3.52. The van der Waals surface area contributed by atoms with Crippen molar-refractivity contribution in [1.82, 2.24) is 23.7 Å². The normalized spacial score (nSPS) is 15.3. The van der Waals surface area contributed by atoms with Gasteiger partial charge in [0.15, 0.2) is 4.96 Å². The monoisotopic (exact) mass is 599 g/mol. The summed E-state index contributed by atoms with van der Waals surface area (Å²) in [5.41, 5.74) is 2.80. The van der Waals surface area contributed by atoms with Crippen LogP contribution in [0.5, 0.6) is 0 Å². The summed E-state index contributed by atoms with van der Waals surface area (Å²) in [4.78, 5) is 27.0. The van der Waals surface area contributed by atoms with Gasteiger partial charge < -0.3 is 16.3 Å². The number of hydrogen-bond donors (Lipinski definition) is 1. The van der Waals surface area contributed by atoms with Crippen LogP contribution in [0.1, 0.15) is 12.8 Å². The van der Waals surface area contributed by atoms with E-state index in [4.69, 9.17) is 21.6 Å². The molecule has 1 atom stereocenters. The molecule has 1 fully saturated rings. The SMILES string of the molecule is O.O.O=[N+]([O-])c1cccc(-c2nc3sccn3c2-c2ccnc(N[C@@H]3CCCN(Sc4ccc(Cl)cc4)C3)n2)c1. The molecule has 14 heteroatoms. The lowest BCUT2D eigenvalue weighted by atomic mass is 10.1. The number of non-ortho nitro benzene ring substituents is 1. The number of anilines is 1. The molecule has 0 radical (unpaired) electrons. The Morgan fingerprint density at radius 2 is 1.95 bits per heavy atom. The molecule has 2 aromatic carbocycles. The van der Waals surface area contributed by atoms with Gasteiger partial charge in [-0.2, -0.15) is 0 Å². The quantitative estimate of drug-likeness (QED) is 0.155. The molecule has 11 nitrogen and oxygen atoms in total. The topological polar surface area (TPSA) is 164 Å². The third-order valence-corrected chi connectivity index (χ3v) is 8.34. The minimum atomic E-state index is -0.396. The zero-order valence-electron chi connectivity index (χ0n) is 21.0. The van der Waals surface area contributed by atoms with Gasteiger partial charge in [0.2, 0.25) is 5.95 Å². The standard InChI is InChI=1S/C26H22ClN7O2S2.2H2O/c27-18-6-8-21(9-7-18)38-32-12-2-4-19(16-32)29-25-28-11-10-22(30-25)24-23(31-26-33(24)13-14-37-26)17-3-1-5-20(15-17)34(35)36;;/h1,3,5-11,13-15,19H,2,4,12,16H2,(H,28,29,30);2*1H2/t19-;;/m1../s1. The molecule has 1 aliphatic heterocycles. The summed E-state index contributed by atoms with van der Waals surface area (Å²) in [6.45, 7) is 1.85. The number of halogens is 1. The third-order valence-electron chi connectivity index (χ3n) is 6.26. The number of aromatic nitrogens is 4. The Morgan fingerprint density at radius 3 is 2.75 bits per heavy atom. The van der Waals surface area contributed by atoms with Crippen LogP contribution in [0.2, 0.25) is 5.02 Å².